The third-order valence-corrected chi connectivity index (χ3v) is 3.63. The van der Waals surface area contributed by atoms with E-state index in [0.717, 1.165) is 18.6 Å². The summed E-state index contributed by atoms with van der Waals surface area (Å²) in [7, 11) is 0. The molecule has 1 fully saturated rings. The highest BCUT2D eigenvalue weighted by atomic mass is 16.5. The van der Waals surface area contributed by atoms with Crippen LogP contribution in [0, 0.1) is 0 Å². The Morgan fingerprint density at radius 1 is 1.47 bits per heavy atom. The van der Waals surface area contributed by atoms with Crippen molar-refractivity contribution in [3.05, 3.63) is 36.1 Å². The second kappa shape index (κ2) is 4.02. The Kier molecular flexibility index (Phi) is 2.94. The van der Waals surface area contributed by atoms with Crippen molar-refractivity contribution in [2.45, 2.75) is 57.8 Å². The number of allylic oxidation sites excluding steroid dienone is 1. The van der Waals surface area contributed by atoms with Gasteiger partial charge in [-0.2, -0.15) is 0 Å². The maximum absolute atomic E-state index is 6.05. The Morgan fingerprint density at radius 3 is 2.65 bits per heavy atom. The van der Waals surface area contributed by atoms with Crippen molar-refractivity contribution in [3.8, 4) is 0 Å². The van der Waals surface area contributed by atoms with Gasteiger partial charge in [-0.3, -0.25) is 0 Å². The van der Waals surface area contributed by atoms with Crippen LogP contribution < -0.4 is 0 Å². The van der Waals surface area contributed by atoms with Gasteiger partial charge in [0, 0.05) is 0 Å². The second-order valence-corrected chi connectivity index (χ2v) is 5.75. The van der Waals surface area contributed by atoms with E-state index in [1.807, 2.05) is 6.08 Å². The molecule has 0 aliphatic carbocycles. The average molecular weight is 234 g/mol. The minimum atomic E-state index is -0.184. The molecule has 0 saturated carbocycles. The Labute approximate surface area is 104 Å². The molecular weight excluding hydrogens is 212 g/mol. The van der Waals surface area contributed by atoms with Crippen LogP contribution in [0.15, 0.2) is 36.1 Å². The van der Waals surface area contributed by atoms with Crippen LogP contribution in [0.1, 0.15) is 40.5 Å². The van der Waals surface area contributed by atoms with E-state index in [9.17, 15) is 0 Å². The number of rotatable bonds is 2. The summed E-state index contributed by atoms with van der Waals surface area (Å²) in [6, 6.07) is 0. The SMILES string of the molecule is C=C[C@]1(C)CC[C@H](/C(C)=C2/C=CC(C)(C)O2)O1. The van der Waals surface area contributed by atoms with Crippen molar-refractivity contribution in [3.63, 3.8) is 0 Å². The lowest BCUT2D eigenvalue weighted by Crippen LogP contribution is -2.23. The molecule has 17 heavy (non-hydrogen) atoms. The van der Waals surface area contributed by atoms with Crippen LogP contribution in [0.3, 0.4) is 0 Å². The Morgan fingerprint density at radius 2 is 2.18 bits per heavy atom. The third kappa shape index (κ3) is 2.47. The van der Waals surface area contributed by atoms with Crippen molar-refractivity contribution in [1.82, 2.24) is 0 Å². The molecule has 2 atom stereocenters. The van der Waals surface area contributed by atoms with Gasteiger partial charge in [0.25, 0.3) is 0 Å². The van der Waals surface area contributed by atoms with E-state index in [4.69, 9.17) is 9.47 Å². The van der Waals surface area contributed by atoms with Crippen molar-refractivity contribution in [2.75, 3.05) is 0 Å². The van der Waals surface area contributed by atoms with Gasteiger partial charge in [0.2, 0.25) is 0 Å². The molecular formula is C15H22O2. The highest BCUT2D eigenvalue weighted by Gasteiger charge is 2.36. The second-order valence-electron chi connectivity index (χ2n) is 5.75. The van der Waals surface area contributed by atoms with E-state index in [2.05, 4.69) is 46.4 Å². The van der Waals surface area contributed by atoms with Gasteiger partial charge in [0.1, 0.15) is 11.4 Å². The molecule has 0 aromatic carbocycles. The molecule has 0 spiro atoms. The molecule has 2 heteroatoms. The minimum absolute atomic E-state index is 0.159. The van der Waals surface area contributed by atoms with Crippen molar-refractivity contribution in [2.24, 2.45) is 0 Å². The predicted molar refractivity (Wildman–Crippen MR) is 69.7 cm³/mol. The van der Waals surface area contributed by atoms with Gasteiger partial charge in [-0.1, -0.05) is 6.08 Å². The summed E-state index contributed by atoms with van der Waals surface area (Å²) in [6.07, 6.45) is 8.27. The monoisotopic (exact) mass is 234 g/mol. The number of hydrogen-bond donors (Lipinski definition) is 0. The lowest BCUT2D eigenvalue weighted by Gasteiger charge is -2.23. The van der Waals surface area contributed by atoms with E-state index in [-0.39, 0.29) is 17.3 Å². The Hall–Kier alpha value is -1.02. The fourth-order valence-corrected chi connectivity index (χ4v) is 2.31. The summed E-state index contributed by atoms with van der Waals surface area (Å²) >= 11 is 0. The van der Waals surface area contributed by atoms with Gasteiger partial charge in [0.15, 0.2) is 0 Å². The summed E-state index contributed by atoms with van der Waals surface area (Å²) in [6.45, 7) is 12.2. The van der Waals surface area contributed by atoms with E-state index < -0.39 is 0 Å². The summed E-state index contributed by atoms with van der Waals surface area (Å²) in [4.78, 5) is 0. The molecule has 2 aliphatic heterocycles. The minimum Gasteiger partial charge on any atom is -0.484 e. The first-order valence-electron chi connectivity index (χ1n) is 6.26. The van der Waals surface area contributed by atoms with Gasteiger partial charge in [0.05, 0.1) is 11.7 Å². The molecule has 0 N–H and O–H groups in total. The molecule has 0 aromatic heterocycles. The van der Waals surface area contributed by atoms with Crippen LogP contribution in [-0.4, -0.2) is 17.3 Å². The van der Waals surface area contributed by atoms with Crippen LogP contribution in [-0.2, 0) is 9.47 Å². The van der Waals surface area contributed by atoms with Gasteiger partial charge in [-0.05, 0) is 58.3 Å². The lowest BCUT2D eigenvalue weighted by molar-refractivity contribution is 0.0176. The first-order valence-corrected chi connectivity index (χ1v) is 6.26. The highest BCUT2D eigenvalue weighted by molar-refractivity contribution is 5.30. The number of hydrogen-bond acceptors (Lipinski definition) is 2. The summed E-state index contributed by atoms with van der Waals surface area (Å²) in [5.41, 5.74) is 0.832. The topological polar surface area (TPSA) is 18.5 Å². The molecule has 0 radical (unpaired) electrons. The summed E-state index contributed by atoms with van der Waals surface area (Å²) in [5, 5.41) is 0. The average Bonchev–Trinajstić information content (AvgIpc) is 2.82. The van der Waals surface area contributed by atoms with Crippen LogP contribution in [0.4, 0.5) is 0 Å². The molecule has 94 valence electrons. The summed E-state index contributed by atoms with van der Waals surface area (Å²) in [5.74, 6) is 0.966. The van der Waals surface area contributed by atoms with Gasteiger partial charge >= 0.3 is 0 Å². The smallest absolute Gasteiger partial charge is 0.122 e. The Balaban J connectivity index is 2.13. The van der Waals surface area contributed by atoms with Crippen molar-refractivity contribution < 1.29 is 9.47 Å². The van der Waals surface area contributed by atoms with Crippen molar-refractivity contribution >= 4 is 0 Å². The zero-order valence-corrected chi connectivity index (χ0v) is 11.2. The molecule has 2 rings (SSSR count). The quantitative estimate of drug-likeness (QED) is 0.677. The van der Waals surface area contributed by atoms with E-state index >= 15 is 0 Å². The molecule has 0 unspecified atom stereocenters. The lowest BCUT2D eigenvalue weighted by atomic mass is 10.0. The predicted octanol–water partition coefficient (Wildman–Crippen LogP) is 3.75. The highest BCUT2D eigenvalue weighted by Crippen LogP contribution is 2.37. The standard InChI is InChI=1S/C15H22O2/c1-6-15(5)10-8-13(17-15)11(2)12-7-9-14(3,4)16-12/h6-7,9,13H,1,8,10H2,2-5H3/b12-11-/t13-,15-/m1/s1. The molecule has 2 heterocycles. The zero-order valence-electron chi connectivity index (χ0n) is 11.2. The van der Waals surface area contributed by atoms with Crippen LogP contribution in [0.5, 0.6) is 0 Å². The first-order chi connectivity index (χ1) is 7.85. The fraction of sp³-hybridized carbons (Fsp3) is 0.600. The molecule has 0 bridgehead atoms. The van der Waals surface area contributed by atoms with Crippen LogP contribution in [0.2, 0.25) is 0 Å². The van der Waals surface area contributed by atoms with E-state index in [1.54, 1.807) is 0 Å². The molecule has 0 aromatic rings. The molecule has 2 aliphatic rings. The molecule has 0 amide bonds. The maximum Gasteiger partial charge on any atom is 0.122 e. The molecule has 2 nitrogen and oxygen atoms in total. The largest absolute Gasteiger partial charge is 0.484 e. The van der Waals surface area contributed by atoms with Gasteiger partial charge in [-0.15, -0.1) is 6.58 Å². The normalized spacial score (nSPS) is 38.0. The zero-order chi connectivity index (χ0) is 12.7. The Bertz CT molecular complexity index is 390. The van der Waals surface area contributed by atoms with Gasteiger partial charge in [-0.25, -0.2) is 0 Å². The van der Waals surface area contributed by atoms with Gasteiger partial charge < -0.3 is 9.47 Å². The van der Waals surface area contributed by atoms with E-state index in [0.29, 0.717) is 0 Å². The van der Waals surface area contributed by atoms with Crippen LogP contribution in [0.25, 0.3) is 0 Å². The molecule has 1 saturated heterocycles. The number of ether oxygens (including phenoxy) is 2. The third-order valence-electron chi connectivity index (χ3n) is 3.63. The fourth-order valence-electron chi connectivity index (χ4n) is 2.31. The van der Waals surface area contributed by atoms with Crippen molar-refractivity contribution in [1.29, 1.82) is 0 Å². The van der Waals surface area contributed by atoms with E-state index in [1.165, 1.54) is 5.57 Å². The first kappa shape index (κ1) is 12.4. The van der Waals surface area contributed by atoms with Crippen LogP contribution >= 0.6 is 0 Å². The maximum atomic E-state index is 6.05. The summed E-state index contributed by atoms with van der Waals surface area (Å²) < 4.78 is 11.9.